The summed E-state index contributed by atoms with van der Waals surface area (Å²) in [5.41, 5.74) is 0.880. The average molecular weight is 219 g/mol. The standard InChI is InChI=1S/C9H12Cl2N2/c1-9(2,12-3)6-4-7(10)8(11)13-5-6/h4-5,12H,1-3H3. The molecule has 72 valence electrons. The smallest absolute Gasteiger partial charge is 0.147 e. The van der Waals surface area contributed by atoms with Crippen molar-refractivity contribution in [2.24, 2.45) is 0 Å². The predicted molar refractivity (Wildman–Crippen MR) is 56.3 cm³/mol. The molecule has 0 aromatic carbocycles. The van der Waals surface area contributed by atoms with E-state index in [0.717, 1.165) is 5.56 Å². The van der Waals surface area contributed by atoms with Gasteiger partial charge in [0, 0.05) is 11.7 Å². The summed E-state index contributed by atoms with van der Waals surface area (Å²) in [6.45, 7) is 4.10. The molecule has 13 heavy (non-hydrogen) atoms. The molecule has 4 heteroatoms. The third kappa shape index (κ3) is 2.33. The van der Waals surface area contributed by atoms with Crippen LogP contribution < -0.4 is 5.32 Å². The van der Waals surface area contributed by atoms with Crippen molar-refractivity contribution in [3.63, 3.8) is 0 Å². The SMILES string of the molecule is CNC(C)(C)c1cnc(Cl)c(Cl)c1. The van der Waals surface area contributed by atoms with E-state index in [4.69, 9.17) is 23.2 Å². The van der Waals surface area contributed by atoms with Gasteiger partial charge in [-0.2, -0.15) is 0 Å². The molecule has 0 aliphatic rings. The molecule has 0 amide bonds. The summed E-state index contributed by atoms with van der Waals surface area (Å²) in [5.74, 6) is 0. The van der Waals surface area contributed by atoms with E-state index in [-0.39, 0.29) is 5.54 Å². The third-order valence-electron chi connectivity index (χ3n) is 2.14. The van der Waals surface area contributed by atoms with Gasteiger partial charge in [-0.1, -0.05) is 23.2 Å². The molecule has 0 fully saturated rings. The number of nitrogens with one attached hydrogen (secondary N) is 1. The Balaban J connectivity index is 3.10. The summed E-state index contributed by atoms with van der Waals surface area (Å²) in [5, 5.41) is 4.00. The van der Waals surface area contributed by atoms with Crippen molar-refractivity contribution in [2.75, 3.05) is 7.05 Å². The molecule has 1 aromatic rings. The van der Waals surface area contributed by atoms with Crippen LogP contribution in [0.4, 0.5) is 0 Å². The maximum atomic E-state index is 5.85. The Labute approximate surface area is 88.3 Å². The molecular formula is C9H12Cl2N2. The van der Waals surface area contributed by atoms with Gasteiger partial charge < -0.3 is 5.32 Å². The number of halogens is 2. The van der Waals surface area contributed by atoms with Crippen molar-refractivity contribution in [1.82, 2.24) is 10.3 Å². The van der Waals surface area contributed by atoms with Crippen molar-refractivity contribution < 1.29 is 0 Å². The van der Waals surface area contributed by atoms with Crippen LogP contribution in [-0.2, 0) is 5.54 Å². The minimum atomic E-state index is -0.138. The van der Waals surface area contributed by atoms with Gasteiger partial charge in [0.2, 0.25) is 0 Å². The van der Waals surface area contributed by atoms with Gasteiger partial charge in [0.25, 0.3) is 0 Å². The molecule has 0 bridgehead atoms. The minimum absolute atomic E-state index is 0.138. The van der Waals surface area contributed by atoms with Gasteiger partial charge in [-0.25, -0.2) is 4.98 Å². The first-order valence-corrected chi connectivity index (χ1v) is 4.73. The lowest BCUT2D eigenvalue weighted by Crippen LogP contribution is -2.33. The van der Waals surface area contributed by atoms with Crippen LogP contribution >= 0.6 is 23.2 Å². The molecule has 1 N–H and O–H groups in total. The van der Waals surface area contributed by atoms with Crippen LogP contribution in [0.5, 0.6) is 0 Å². The third-order valence-corrected chi connectivity index (χ3v) is 2.83. The first-order chi connectivity index (χ1) is 5.97. The highest BCUT2D eigenvalue weighted by atomic mass is 35.5. The Bertz CT molecular complexity index is 310. The van der Waals surface area contributed by atoms with Gasteiger partial charge >= 0.3 is 0 Å². The second-order valence-electron chi connectivity index (χ2n) is 3.37. The second kappa shape index (κ2) is 3.82. The number of hydrogen-bond acceptors (Lipinski definition) is 2. The highest BCUT2D eigenvalue weighted by Crippen LogP contribution is 2.25. The Morgan fingerprint density at radius 2 is 2.00 bits per heavy atom. The van der Waals surface area contributed by atoms with Crippen LogP contribution in [0.25, 0.3) is 0 Å². The highest BCUT2D eigenvalue weighted by Gasteiger charge is 2.18. The Morgan fingerprint density at radius 1 is 1.38 bits per heavy atom. The molecule has 1 rings (SSSR count). The van der Waals surface area contributed by atoms with Gasteiger partial charge in [-0.3, -0.25) is 0 Å². The minimum Gasteiger partial charge on any atom is -0.311 e. The Morgan fingerprint density at radius 3 is 2.46 bits per heavy atom. The lowest BCUT2D eigenvalue weighted by molar-refractivity contribution is 0.443. The van der Waals surface area contributed by atoms with Crippen molar-refractivity contribution in [2.45, 2.75) is 19.4 Å². The lowest BCUT2D eigenvalue weighted by Gasteiger charge is -2.24. The summed E-state index contributed by atoms with van der Waals surface area (Å²) in [6, 6.07) is 1.83. The van der Waals surface area contributed by atoms with E-state index in [1.165, 1.54) is 0 Å². The number of hydrogen-bond donors (Lipinski definition) is 1. The second-order valence-corrected chi connectivity index (χ2v) is 4.14. The fourth-order valence-electron chi connectivity index (χ4n) is 0.907. The normalized spacial score (nSPS) is 11.8. The number of nitrogens with zero attached hydrogens (tertiary/aromatic N) is 1. The highest BCUT2D eigenvalue weighted by molar-refractivity contribution is 6.41. The zero-order valence-electron chi connectivity index (χ0n) is 7.86. The molecule has 0 spiro atoms. The van der Waals surface area contributed by atoms with Crippen LogP contribution in [0.2, 0.25) is 10.2 Å². The first-order valence-electron chi connectivity index (χ1n) is 3.98. The molecular weight excluding hydrogens is 207 g/mol. The average Bonchev–Trinajstić information content (AvgIpc) is 2.09. The van der Waals surface area contributed by atoms with E-state index in [2.05, 4.69) is 10.3 Å². The number of pyridine rings is 1. The molecule has 0 saturated heterocycles. The Kier molecular flexibility index (Phi) is 3.17. The fourth-order valence-corrected chi connectivity index (χ4v) is 1.18. The van der Waals surface area contributed by atoms with E-state index in [9.17, 15) is 0 Å². The van der Waals surface area contributed by atoms with Crippen LogP contribution in [0.15, 0.2) is 12.3 Å². The van der Waals surface area contributed by atoms with Gasteiger partial charge in [-0.15, -0.1) is 0 Å². The van der Waals surface area contributed by atoms with Gasteiger partial charge in [0.05, 0.1) is 5.02 Å². The zero-order valence-corrected chi connectivity index (χ0v) is 9.37. The summed E-state index contributed by atoms with van der Waals surface area (Å²) in [7, 11) is 1.89. The molecule has 0 radical (unpaired) electrons. The molecule has 2 nitrogen and oxygen atoms in total. The number of aromatic nitrogens is 1. The maximum absolute atomic E-state index is 5.85. The molecule has 1 aromatic heterocycles. The van der Waals surface area contributed by atoms with Crippen molar-refractivity contribution in [3.05, 3.63) is 28.0 Å². The predicted octanol–water partition coefficient (Wildman–Crippen LogP) is 2.84. The zero-order chi connectivity index (χ0) is 10.1. The van der Waals surface area contributed by atoms with E-state index in [0.29, 0.717) is 10.2 Å². The van der Waals surface area contributed by atoms with Crippen LogP contribution in [-0.4, -0.2) is 12.0 Å². The first kappa shape index (κ1) is 10.8. The fraction of sp³-hybridized carbons (Fsp3) is 0.444. The van der Waals surface area contributed by atoms with E-state index >= 15 is 0 Å². The lowest BCUT2D eigenvalue weighted by atomic mass is 9.97. The van der Waals surface area contributed by atoms with E-state index in [1.54, 1.807) is 6.20 Å². The quantitative estimate of drug-likeness (QED) is 0.773. The van der Waals surface area contributed by atoms with Gasteiger partial charge in [0.1, 0.15) is 5.15 Å². The van der Waals surface area contributed by atoms with Gasteiger partial charge in [0.15, 0.2) is 0 Å². The van der Waals surface area contributed by atoms with E-state index < -0.39 is 0 Å². The molecule has 0 aliphatic carbocycles. The van der Waals surface area contributed by atoms with Crippen LogP contribution in [0.3, 0.4) is 0 Å². The number of rotatable bonds is 2. The molecule has 0 atom stereocenters. The summed E-state index contributed by atoms with van der Waals surface area (Å²) >= 11 is 11.6. The van der Waals surface area contributed by atoms with E-state index in [1.807, 2.05) is 27.0 Å². The molecule has 0 aliphatic heterocycles. The van der Waals surface area contributed by atoms with Crippen molar-refractivity contribution >= 4 is 23.2 Å². The van der Waals surface area contributed by atoms with Crippen molar-refractivity contribution in [3.8, 4) is 0 Å². The maximum Gasteiger partial charge on any atom is 0.147 e. The topological polar surface area (TPSA) is 24.9 Å². The molecule has 0 unspecified atom stereocenters. The summed E-state index contributed by atoms with van der Waals surface area (Å²) < 4.78 is 0. The van der Waals surface area contributed by atoms with Crippen LogP contribution in [0, 0.1) is 0 Å². The Hall–Kier alpha value is -0.310. The monoisotopic (exact) mass is 218 g/mol. The molecule has 0 saturated carbocycles. The van der Waals surface area contributed by atoms with Gasteiger partial charge in [-0.05, 0) is 32.5 Å². The summed E-state index contributed by atoms with van der Waals surface area (Å²) in [6.07, 6.45) is 1.73. The van der Waals surface area contributed by atoms with Crippen molar-refractivity contribution in [1.29, 1.82) is 0 Å². The summed E-state index contributed by atoms with van der Waals surface area (Å²) in [4.78, 5) is 3.99. The molecule has 1 heterocycles. The van der Waals surface area contributed by atoms with Crippen LogP contribution in [0.1, 0.15) is 19.4 Å². The largest absolute Gasteiger partial charge is 0.311 e.